The normalized spacial score (nSPS) is 17.8. The highest BCUT2D eigenvalue weighted by atomic mass is 16.2. The Morgan fingerprint density at radius 2 is 1.48 bits per heavy atom. The summed E-state index contributed by atoms with van der Waals surface area (Å²) in [4.78, 5) is 28.1. The van der Waals surface area contributed by atoms with Gasteiger partial charge in [-0.2, -0.15) is 0 Å². The summed E-state index contributed by atoms with van der Waals surface area (Å²) in [7, 11) is 0. The Labute approximate surface area is 185 Å². The molecule has 0 aromatic heterocycles. The van der Waals surface area contributed by atoms with Gasteiger partial charge in [-0.1, -0.05) is 49.9 Å². The molecule has 1 heterocycles. The van der Waals surface area contributed by atoms with E-state index in [1.807, 2.05) is 36.4 Å². The number of piperidine rings is 1. The number of hydrogen-bond acceptors (Lipinski definition) is 3. The number of rotatable bonds is 6. The highest BCUT2D eigenvalue weighted by molar-refractivity contribution is 6.09. The minimum atomic E-state index is -0.192. The topological polar surface area (TPSA) is 61.4 Å². The molecule has 2 aromatic carbocycles. The van der Waals surface area contributed by atoms with E-state index in [-0.39, 0.29) is 17.9 Å². The largest absolute Gasteiger partial charge is 0.349 e. The van der Waals surface area contributed by atoms with Crippen LogP contribution in [0.1, 0.15) is 77.6 Å². The van der Waals surface area contributed by atoms with Gasteiger partial charge in [0.15, 0.2) is 0 Å². The Bertz CT molecular complexity index is 882. The maximum absolute atomic E-state index is 12.8. The lowest BCUT2D eigenvalue weighted by atomic mass is 9.95. The Kier molecular flexibility index (Phi) is 7.36. The van der Waals surface area contributed by atoms with Gasteiger partial charge in [-0.3, -0.25) is 14.5 Å². The maximum Gasteiger partial charge on any atom is 0.255 e. The van der Waals surface area contributed by atoms with Crippen molar-refractivity contribution in [2.75, 3.05) is 18.4 Å². The van der Waals surface area contributed by atoms with Gasteiger partial charge in [-0.15, -0.1) is 0 Å². The number of nitrogens with zero attached hydrogens (tertiary/aromatic N) is 1. The van der Waals surface area contributed by atoms with E-state index in [1.54, 1.807) is 12.1 Å². The van der Waals surface area contributed by atoms with E-state index in [4.69, 9.17) is 0 Å². The molecule has 0 unspecified atom stereocenters. The van der Waals surface area contributed by atoms with Crippen molar-refractivity contribution in [1.82, 2.24) is 10.2 Å². The summed E-state index contributed by atoms with van der Waals surface area (Å²) in [5, 5.41) is 6.08. The van der Waals surface area contributed by atoms with Gasteiger partial charge in [-0.05, 0) is 68.6 Å². The fraction of sp³-hybridized carbons (Fsp3) is 0.462. The number of carbonyl (C=O) groups is 2. The smallest absolute Gasteiger partial charge is 0.255 e. The molecular weight excluding hydrogens is 386 g/mol. The van der Waals surface area contributed by atoms with Crippen LogP contribution in [0.5, 0.6) is 0 Å². The van der Waals surface area contributed by atoms with Crippen molar-refractivity contribution in [3.05, 3.63) is 65.2 Å². The molecule has 0 atom stereocenters. The predicted molar refractivity (Wildman–Crippen MR) is 124 cm³/mol. The number of likely N-dealkylation sites (tertiary alicyclic amines) is 1. The molecule has 2 N–H and O–H groups in total. The highest BCUT2D eigenvalue weighted by Crippen LogP contribution is 2.21. The molecule has 0 radical (unpaired) electrons. The van der Waals surface area contributed by atoms with E-state index < -0.39 is 0 Å². The number of para-hydroxylation sites is 1. The fourth-order valence-electron chi connectivity index (χ4n) is 4.63. The fourth-order valence-corrected chi connectivity index (χ4v) is 4.63. The van der Waals surface area contributed by atoms with Gasteiger partial charge in [0.2, 0.25) is 0 Å². The van der Waals surface area contributed by atoms with Crippen molar-refractivity contribution >= 4 is 17.5 Å². The molecule has 0 spiro atoms. The van der Waals surface area contributed by atoms with Gasteiger partial charge in [-0.25, -0.2) is 0 Å². The summed E-state index contributed by atoms with van der Waals surface area (Å²) < 4.78 is 0. The van der Waals surface area contributed by atoms with Gasteiger partial charge in [0.25, 0.3) is 11.8 Å². The Morgan fingerprint density at radius 1 is 0.806 bits per heavy atom. The average molecular weight is 420 g/mol. The van der Waals surface area contributed by atoms with Gasteiger partial charge < -0.3 is 10.6 Å². The summed E-state index contributed by atoms with van der Waals surface area (Å²) >= 11 is 0. The molecule has 2 fully saturated rings. The first-order valence-electron chi connectivity index (χ1n) is 11.7. The number of hydrogen-bond donors (Lipinski definition) is 2. The zero-order chi connectivity index (χ0) is 21.5. The van der Waals surface area contributed by atoms with Crippen molar-refractivity contribution in [3.63, 3.8) is 0 Å². The molecule has 2 amide bonds. The summed E-state index contributed by atoms with van der Waals surface area (Å²) in [6.07, 6.45) is 9.51. The molecule has 1 aliphatic heterocycles. The summed E-state index contributed by atoms with van der Waals surface area (Å²) in [6, 6.07) is 15.3. The number of anilines is 1. The van der Waals surface area contributed by atoms with Crippen molar-refractivity contribution < 1.29 is 9.59 Å². The van der Waals surface area contributed by atoms with Crippen molar-refractivity contribution in [2.45, 2.75) is 64.0 Å². The van der Waals surface area contributed by atoms with Crippen LogP contribution in [0.3, 0.4) is 0 Å². The third-order valence-corrected chi connectivity index (χ3v) is 6.43. The molecule has 164 valence electrons. The first-order valence-corrected chi connectivity index (χ1v) is 11.7. The standard InChI is InChI=1S/C26H33N3O2/c30-25(21-15-13-20(14-16-21)19-29-17-7-2-8-18-29)28-24-12-6-5-11-23(24)26(31)27-22-9-3-1-4-10-22/h5-6,11-16,22H,1-4,7-10,17-19H2,(H,27,31)(H,28,30). The van der Waals surface area contributed by atoms with Crippen LogP contribution in [0.4, 0.5) is 5.69 Å². The summed E-state index contributed by atoms with van der Waals surface area (Å²) in [6.45, 7) is 3.25. The second-order valence-electron chi connectivity index (χ2n) is 8.84. The molecular formula is C26H33N3O2. The van der Waals surface area contributed by atoms with Crippen molar-refractivity contribution in [1.29, 1.82) is 0 Å². The minimum absolute atomic E-state index is 0.111. The van der Waals surface area contributed by atoms with Crippen LogP contribution in [0, 0.1) is 0 Å². The van der Waals surface area contributed by atoms with Gasteiger partial charge >= 0.3 is 0 Å². The highest BCUT2D eigenvalue weighted by Gasteiger charge is 2.19. The molecule has 1 aliphatic carbocycles. The monoisotopic (exact) mass is 419 g/mol. The molecule has 0 bridgehead atoms. The molecule has 1 saturated carbocycles. The third-order valence-electron chi connectivity index (χ3n) is 6.43. The second-order valence-corrected chi connectivity index (χ2v) is 8.84. The molecule has 4 rings (SSSR count). The number of amides is 2. The molecule has 5 heteroatoms. The van der Waals surface area contributed by atoms with Crippen LogP contribution in [-0.4, -0.2) is 35.8 Å². The quantitative estimate of drug-likeness (QED) is 0.694. The molecule has 2 aliphatic rings. The van der Waals surface area contributed by atoms with Crippen LogP contribution in [-0.2, 0) is 6.54 Å². The van der Waals surface area contributed by atoms with E-state index in [0.29, 0.717) is 16.8 Å². The van der Waals surface area contributed by atoms with Crippen LogP contribution < -0.4 is 10.6 Å². The number of benzene rings is 2. The Balaban J connectivity index is 1.38. The SMILES string of the molecule is O=C(Nc1ccccc1C(=O)NC1CCCCC1)c1ccc(CN2CCCCC2)cc1. The van der Waals surface area contributed by atoms with E-state index in [1.165, 1.54) is 31.2 Å². The maximum atomic E-state index is 12.8. The number of nitrogens with one attached hydrogen (secondary N) is 2. The van der Waals surface area contributed by atoms with Crippen molar-refractivity contribution in [3.8, 4) is 0 Å². The lowest BCUT2D eigenvalue weighted by Crippen LogP contribution is -2.36. The van der Waals surface area contributed by atoms with E-state index >= 15 is 0 Å². The van der Waals surface area contributed by atoms with E-state index in [9.17, 15) is 9.59 Å². The molecule has 1 saturated heterocycles. The first-order chi connectivity index (χ1) is 15.2. The minimum Gasteiger partial charge on any atom is -0.349 e. The Morgan fingerprint density at radius 3 is 2.23 bits per heavy atom. The van der Waals surface area contributed by atoms with E-state index in [2.05, 4.69) is 15.5 Å². The first kappa shape index (κ1) is 21.6. The van der Waals surface area contributed by atoms with Gasteiger partial charge in [0, 0.05) is 18.2 Å². The van der Waals surface area contributed by atoms with Gasteiger partial charge in [0.05, 0.1) is 11.3 Å². The average Bonchev–Trinajstić information content (AvgIpc) is 2.81. The molecule has 31 heavy (non-hydrogen) atoms. The van der Waals surface area contributed by atoms with Crippen LogP contribution in [0.25, 0.3) is 0 Å². The lowest BCUT2D eigenvalue weighted by Gasteiger charge is -2.26. The van der Waals surface area contributed by atoms with Crippen LogP contribution >= 0.6 is 0 Å². The lowest BCUT2D eigenvalue weighted by molar-refractivity contribution is 0.0928. The summed E-state index contributed by atoms with van der Waals surface area (Å²) in [5.74, 6) is -0.304. The second kappa shape index (κ2) is 10.6. The zero-order valence-electron chi connectivity index (χ0n) is 18.2. The van der Waals surface area contributed by atoms with Crippen molar-refractivity contribution in [2.24, 2.45) is 0 Å². The van der Waals surface area contributed by atoms with Gasteiger partial charge in [0.1, 0.15) is 0 Å². The third kappa shape index (κ3) is 5.95. The zero-order valence-corrected chi connectivity index (χ0v) is 18.2. The van der Waals surface area contributed by atoms with Crippen LogP contribution in [0.2, 0.25) is 0 Å². The predicted octanol–water partition coefficient (Wildman–Crippen LogP) is 4.99. The number of carbonyl (C=O) groups excluding carboxylic acids is 2. The molecule has 2 aromatic rings. The summed E-state index contributed by atoms with van der Waals surface area (Å²) in [5.41, 5.74) is 2.90. The van der Waals surface area contributed by atoms with E-state index in [0.717, 1.165) is 45.3 Å². The molecule has 5 nitrogen and oxygen atoms in total. The van der Waals surface area contributed by atoms with Crippen LogP contribution in [0.15, 0.2) is 48.5 Å². The Hall–Kier alpha value is -2.66.